The monoisotopic (exact) mass is 240 g/mol. The quantitative estimate of drug-likeness (QED) is 0.838. The van der Waals surface area contributed by atoms with E-state index in [0.29, 0.717) is 6.29 Å². The number of carboxylic acids is 1. The third-order valence-corrected chi connectivity index (χ3v) is 2.79. The van der Waals surface area contributed by atoms with Crippen LogP contribution in [-0.2, 0) is 0 Å². The highest BCUT2D eigenvalue weighted by atomic mass is 16.4. The Morgan fingerprint density at radius 1 is 1.06 bits per heavy atom. The Hall–Kier alpha value is -2.42. The second-order valence-electron chi connectivity index (χ2n) is 4.09. The summed E-state index contributed by atoms with van der Waals surface area (Å²) in [7, 11) is 0. The summed E-state index contributed by atoms with van der Waals surface area (Å²) < 4.78 is 0. The van der Waals surface area contributed by atoms with E-state index in [4.69, 9.17) is 5.11 Å². The molecule has 0 amide bonds. The van der Waals surface area contributed by atoms with Gasteiger partial charge in [-0.25, -0.2) is 4.79 Å². The van der Waals surface area contributed by atoms with Gasteiger partial charge in [-0.15, -0.1) is 0 Å². The minimum Gasteiger partial charge on any atom is -0.478 e. The molecule has 1 N–H and O–H groups in total. The van der Waals surface area contributed by atoms with E-state index in [1.54, 1.807) is 12.1 Å². The van der Waals surface area contributed by atoms with Crippen LogP contribution in [0.2, 0.25) is 0 Å². The smallest absolute Gasteiger partial charge is 0.336 e. The summed E-state index contributed by atoms with van der Waals surface area (Å²) in [6, 6.07) is 12.6. The number of benzene rings is 2. The molecule has 90 valence electrons. The number of carbonyl (C=O) groups is 2. The zero-order valence-electron chi connectivity index (χ0n) is 9.88. The van der Waals surface area contributed by atoms with Gasteiger partial charge in [-0.2, -0.15) is 0 Å². The Bertz CT molecular complexity index is 598. The van der Waals surface area contributed by atoms with Gasteiger partial charge in [-0.05, 0) is 30.2 Å². The first kappa shape index (κ1) is 12.0. The van der Waals surface area contributed by atoms with Crippen LogP contribution in [0.4, 0.5) is 0 Å². The normalized spacial score (nSPS) is 10.1. The van der Waals surface area contributed by atoms with Crippen molar-refractivity contribution >= 4 is 12.3 Å². The Morgan fingerprint density at radius 2 is 1.67 bits per heavy atom. The van der Waals surface area contributed by atoms with Crippen LogP contribution in [0.1, 0.15) is 26.3 Å². The van der Waals surface area contributed by atoms with Gasteiger partial charge >= 0.3 is 5.97 Å². The molecule has 0 saturated carbocycles. The molecule has 0 aliphatic carbocycles. The summed E-state index contributed by atoms with van der Waals surface area (Å²) in [6.45, 7) is 1.99. The van der Waals surface area contributed by atoms with Gasteiger partial charge in [0.05, 0.1) is 5.56 Å². The van der Waals surface area contributed by atoms with Crippen molar-refractivity contribution in [1.29, 1.82) is 0 Å². The fourth-order valence-corrected chi connectivity index (χ4v) is 1.78. The number of hydrogen-bond acceptors (Lipinski definition) is 2. The number of carboxylic acid groups (broad SMARTS) is 1. The summed E-state index contributed by atoms with van der Waals surface area (Å²) in [5, 5.41) is 8.94. The molecule has 2 rings (SSSR count). The van der Waals surface area contributed by atoms with E-state index in [2.05, 4.69) is 0 Å². The number of rotatable bonds is 3. The molecule has 18 heavy (non-hydrogen) atoms. The molecule has 3 heteroatoms. The molecule has 0 fully saturated rings. The van der Waals surface area contributed by atoms with E-state index in [1.807, 2.05) is 31.2 Å². The first-order valence-electron chi connectivity index (χ1n) is 5.51. The second kappa shape index (κ2) is 4.84. The SMILES string of the molecule is Cc1ccc(-c2ccc(C(=O)O)c(C=O)c2)cc1. The predicted octanol–water partition coefficient (Wildman–Crippen LogP) is 3.17. The Balaban J connectivity index is 2.50. The largest absolute Gasteiger partial charge is 0.478 e. The fourth-order valence-electron chi connectivity index (χ4n) is 1.78. The van der Waals surface area contributed by atoms with E-state index < -0.39 is 5.97 Å². The Morgan fingerprint density at radius 3 is 2.22 bits per heavy atom. The van der Waals surface area contributed by atoms with Crippen LogP contribution in [0, 0.1) is 6.92 Å². The molecule has 0 saturated heterocycles. The number of aromatic carboxylic acids is 1. The van der Waals surface area contributed by atoms with Crippen molar-refractivity contribution in [3.8, 4) is 11.1 Å². The van der Waals surface area contributed by atoms with Crippen LogP contribution in [0.5, 0.6) is 0 Å². The predicted molar refractivity (Wildman–Crippen MR) is 69.0 cm³/mol. The van der Waals surface area contributed by atoms with Crippen LogP contribution in [0.15, 0.2) is 42.5 Å². The first-order chi connectivity index (χ1) is 8.61. The summed E-state index contributed by atoms with van der Waals surface area (Å²) in [5.41, 5.74) is 3.17. The molecule has 0 unspecified atom stereocenters. The van der Waals surface area contributed by atoms with Gasteiger partial charge in [0.25, 0.3) is 0 Å². The minimum absolute atomic E-state index is 0.0286. The maximum Gasteiger partial charge on any atom is 0.336 e. The lowest BCUT2D eigenvalue weighted by molar-refractivity contribution is 0.0694. The van der Waals surface area contributed by atoms with Gasteiger partial charge in [0.1, 0.15) is 0 Å². The van der Waals surface area contributed by atoms with E-state index in [0.717, 1.165) is 16.7 Å². The van der Waals surface area contributed by atoms with Gasteiger partial charge in [0, 0.05) is 5.56 Å². The zero-order valence-corrected chi connectivity index (χ0v) is 9.88. The van der Waals surface area contributed by atoms with Crippen LogP contribution in [0.25, 0.3) is 11.1 Å². The minimum atomic E-state index is -1.09. The molecule has 0 bridgehead atoms. The number of hydrogen-bond donors (Lipinski definition) is 1. The van der Waals surface area contributed by atoms with Crippen molar-refractivity contribution < 1.29 is 14.7 Å². The van der Waals surface area contributed by atoms with E-state index in [1.165, 1.54) is 6.07 Å². The highest BCUT2D eigenvalue weighted by Crippen LogP contribution is 2.22. The molecular formula is C15H12O3. The van der Waals surface area contributed by atoms with Crippen LogP contribution in [0.3, 0.4) is 0 Å². The van der Waals surface area contributed by atoms with Crippen LogP contribution < -0.4 is 0 Å². The molecule has 0 aliphatic rings. The summed E-state index contributed by atoms with van der Waals surface area (Å²) in [4.78, 5) is 21.8. The molecule has 3 nitrogen and oxygen atoms in total. The van der Waals surface area contributed by atoms with Crippen molar-refractivity contribution in [2.24, 2.45) is 0 Å². The Kier molecular flexibility index (Phi) is 3.24. The second-order valence-corrected chi connectivity index (χ2v) is 4.09. The van der Waals surface area contributed by atoms with Crippen molar-refractivity contribution in [2.75, 3.05) is 0 Å². The maximum atomic E-state index is 10.9. The molecule has 2 aromatic carbocycles. The third-order valence-electron chi connectivity index (χ3n) is 2.79. The van der Waals surface area contributed by atoms with Crippen molar-refractivity contribution in [3.63, 3.8) is 0 Å². The molecule has 0 atom stereocenters. The molecule has 0 heterocycles. The number of carbonyl (C=O) groups excluding carboxylic acids is 1. The fraction of sp³-hybridized carbons (Fsp3) is 0.0667. The molecule has 2 aromatic rings. The summed E-state index contributed by atoms with van der Waals surface area (Å²) >= 11 is 0. The van der Waals surface area contributed by atoms with Gasteiger partial charge in [-0.1, -0.05) is 35.9 Å². The highest BCUT2D eigenvalue weighted by Gasteiger charge is 2.10. The van der Waals surface area contributed by atoms with Crippen molar-refractivity contribution in [2.45, 2.75) is 6.92 Å². The lowest BCUT2D eigenvalue weighted by Gasteiger charge is -2.05. The topological polar surface area (TPSA) is 54.4 Å². The summed E-state index contributed by atoms with van der Waals surface area (Å²) in [6.07, 6.45) is 0.571. The zero-order chi connectivity index (χ0) is 13.1. The third kappa shape index (κ3) is 2.30. The molecule has 0 aliphatic heterocycles. The van der Waals surface area contributed by atoms with E-state index in [9.17, 15) is 9.59 Å². The van der Waals surface area contributed by atoms with Crippen molar-refractivity contribution in [3.05, 3.63) is 59.2 Å². The number of aryl methyl sites for hydroxylation is 1. The summed E-state index contributed by atoms with van der Waals surface area (Å²) in [5.74, 6) is -1.09. The van der Waals surface area contributed by atoms with Crippen LogP contribution in [-0.4, -0.2) is 17.4 Å². The van der Waals surface area contributed by atoms with E-state index in [-0.39, 0.29) is 11.1 Å². The first-order valence-corrected chi connectivity index (χ1v) is 5.51. The van der Waals surface area contributed by atoms with Crippen molar-refractivity contribution in [1.82, 2.24) is 0 Å². The standard InChI is InChI=1S/C15H12O3/c1-10-2-4-11(5-3-10)12-6-7-14(15(17)18)13(8-12)9-16/h2-9H,1H3,(H,17,18). The molecule has 0 aromatic heterocycles. The average molecular weight is 240 g/mol. The lowest BCUT2D eigenvalue weighted by Crippen LogP contribution is -2.01. The van der Waals surface area contributed by atoms with Gasteiger partial charge in [-0.3, -0.25) is 4.79 Å². The van der Waals surface area contributed by atoms with Gasteiger partial charge in [0.2, 0.25) is 0 Å². The van der Waals surface area contributed by atoms with Gasteiger partial charge < -0.3 is 5.11 Å². The maximum absolute atomic E-state index is 10.9. The van der Waals surface area contributed by atoms with E-state index >= 15 is 0 Å². The number of aldehydes is 1. The molecule has 0 radical (unpaired) electrons. The lowest BCUT2D eigenvalue weighted by atomic mass is 9.99. The highest BCUT2D eigenvalue weighted by molar-refractivity contribution is 5.98. The molecular weight excluding hydrogens is 228 g/mol. The van der Waals surface area contributed by atoms with Gasteiger partial charge in [0.15, 0.2) is 6.29 Å². The Labute approximate surface area is 105 Å². The average Bonchev–Trinajstić information content (AvgIpc) is 2.38. The van der Waals surface area contributed by atoms with Crippen LogP contribution >= 0.6 is 0 Å². The molecule has 0 spiro atoms.